The first-order valence-electron chi connectivity index (χ1n) is 10.2. The molecule has 2 aromatic carbocycles. The number of sulfonamides is 2. The second-order valence-corrected chi connectivity index (χ2v) is 11.9. The summed E-state index contributed by atoms with van der Waals surface area (Å²) in [7, 11) is -6.16. The minimum atomic E-state index is -3.83. The number of thiazole rings is 1. The molecule has 1 aromatic heterocycles. The molecular weight excluding hydrogens is 500 g/mol. The third kappa shape index (κ3) is 5.06. The number of hydrogen-bond acceptors (Lipinski definition) is 8. The van der Waals surface area contributed by atoms with E-state index in [1.807, 2.05) is 0 Å². The van der Waals surface area contributed by atoms with Gasteiger partial charge in [0, 0.05) is 30.4 Å². The molecule has 0 aliphatic carbocycles. The highest BCUT2D eigenvalue weighted by Crippen LogP contribution is 2.27. The zero-order valence-electron chi connectivity index (χ0n) is 18.1. The fourth-order valence-corrected chi connectivity index (χ4v) is 6.80. The van der Waals surface area contributed by atoms with Crippen LogP contribution in [0.3, 0.4) is 0 Å². The number of carbonyl (C=O) groups is 1. The molecule has 2 heterocycles. The molecule has 3 aromatic rings. The minimum Gasteiger partial charge on any atom is -0.496 e. The van der Waals surface area contributed by atoms with Crippen molar-refractivity contribution in [2.24, 2.45) is 0 Å². The maximum atomic E-state index is 13.0. The Balaban J connectivity index is 1.54. The van der Waals surface area contributed by atoms with E-state index in [0.29, 0.717) is 18.8 Å². The zero-order chi connectivity index (χ0) is 24.3. The molecule has 1 aliphatic rings. The molecule has 0 radical (unpaired) electrons. The lowest BCUT2D eigenvalue weighted by molar-refractivity contribution is 0.102. The van der Waals surface area contributed by atoms with E-state index >= 15 is 0 Å². The number of methoxy groups -OCH3 is 1. The van der Waals surface area contributed by atoms with E-state index in [-0.39, 0.29) is 26.2 Å². The first-order chi connectivity index (χ1) is 16.2. The smallest absolute Gasteiger partial charge is 0.263 e. The van der Waals surface area contributed by atoms with Crippen molar-refractivity contribution in [1.82, 2.24) is 9.29 Å². The number of rotatable bonds is 8. The van der Waals surface area contributed by atoms with Crippen LogP contribution in [-0.4, -0.2) is 52.2 Å². The first-order valence-corrected chi connectivity index (χ1v) is 14.0. The van der Waals surface area contributed by atoms with Crippen molar-refractivity contribution in [3.63, 3.8) is 0 Å². The van der Waals surface area contributed by atoms with Gasteiger partial charge in [-0.3, -0.25) is 9.52 Å². The van der Waals surface area contributed by atoms with Gasteiger partial charge < -0.3 is 10.1 Å². The highest BCUT2D eigenvalue weighted by atomic mass is 32.2. The summed E-state index contributed by atoms with van der Waals surface area (Å²) in [6.45, 7) is 0.894. The Morgan fingerprint density at radius 1 is 1.03 bits per heavy atom. The van der Waals surface area contributed by atoms with Gasteiger partial charge in [-0.2, -0.15) is 4.31 Å². The van der Waals surface area contributed by atoms with Gasteiger partial charge in [0.15, 0.2) is 5.13 Å². The number of nitrogens with one attached hydrogen (secondary N) is 2. The van der Waals surface area contributed by atoms with Crippen molar-refractivity contribution >= 4 is 48.1 Å². The monoisotopic (exact) mass is 522 g/mol. The van der Waals surface area contributed by atoms with Gasteiger partial charge in [-0.1, -0.05) is 0 Å². The fraction of sp³-hybridized carbons (Fsp3) is 0.238. The highest BCUT2D eigenvalue weighted by Gasteiger charge is 2.28. The average molecular weight is 523 g/mol. The number of carbonyl (C=O) groups excluding carboxylic acids is 1. The van der Waals surface area contributed by atoms with Gasteiger partial charge in [0.05, 0.1) is 22.5 Å². The first kappa shape index (κ1) is 24.1. The lowest BCUT2D eigenvalue weighted by atomic mass is 10.2. The number of nitrogens with zero attached hydrogens (tertiary/aromatic N) is 2. The van der Waals surface area contributed by atoms with Gasteiger partial charge in [0.2, 0.25) is 10.0 Å². The molecule has 10 nitrogen and oxygen atoms in total. The standard InChI is InChI=1S/C21H22N4O6S3/c1-31-19-9-8-17(34(29,30)25-11-2-3-12-25)14-18(19)20(26)23-15-4-6-16(7-5-15)33(27,28)24-21-22-10-13-32-21/h4-10,13-14H,2-3,11-12H2,1H3,(H,22,24)(H,23,26). The number of amides is 1. The Kier molecular flexibility index (Phi) is 6.89. The molecule has 34 heavy (non-hydrogen) atoms. The predicted molar refractivity (Wildman–Crippen MR) is 128 cm³/mol. The van der Waals surface area contributed by atoms with Crippen molar-refractivity contribution in [1.29, 1.82) is 0 Å². The third-order valence-corrected chi connectivity index (χ3v) is 9.26. The van der Waals surface area contributed by atoms with Crippen molar-refractivity contribution in [2.75, 3.05) is 30.2 Å². The molecule has 13 heteroatoms. The molecule has 180 valence electrons. The van der Waals surface area contributed by atoms with Crippen LogP contribution in [0.25, 0.3) is 0 Å². The van der Waals surface area contributed by atoms with Crippen molar-refractivity contribution in [3.05, 3.63) is 59.6 Å². The van der Waals surface area contributed by atoms with E-state index in [0.717, 1.165) is 24.2 Å². The molecule has 1 saturated heterocycles. The quantitative estimate of drug-likeness (QED) is 0.464. The Morgan fingerprint density at radius 2 is 1.71 bits per heavy atom. The number of hydrogen-bond donors (Lipinski definition) is 2. The maximum absolute atomic E-state index is 13.0. The fourth-order valence-electron chi connectivity index (χ4n) is 3.47. The summed E-state index contributed by atoms with van der Waals surface area (Å²) in [5.74, 6) is -0.378. The van der Waals surface area contributed by atoms with E-state index < -0.39 is 26.0 Å². The molecule has 4 rings (SSSR count). The van der Waals surface area contributed by atoms with Crippen molar-refractivity contribution < 1.29 is 26.4 Å². The predicted octanol–water partition coefficient (Wildman–Crippen LogP) is 2.99. The summed E-state index contributed by atoms with van der Waals surface area (Å²) < 4.78 is 59.8. The van der Waals surface area contributed by atoms with Crippen LogP contribution >= 0.6 is 11.3 Å². The summed E-state index contributed by atoms with van der Waals surface area (Å²) in [4.78, 5) is 16.9. The van der Waals surface area contributed by atoms with Gasteiger partial charge in [-0.25, -0.2) is 21.8 Å². The summed E-state index contributed by atoms with van der Waals surface area (Å²) in [6.07, 6.45) is 3.09. The van der Waals surface area contributed by atoms with Crippen LogP contribution in [0.2, 0.25) is 0 Å². The summed E-state index contributed by atoms with van der Waals surface area (Å²) >= 11 is 1.15. The summed E-state index contributed by atoms with van der Waals surface area (Å²) in [6, 6.07) is 9.71. The maximum Gasteiger partial charge on any atom is 0.263 e. The average Bonchev–Trinajstić information content (AvgIpc) is 3.53. The second kappa shape index (κ2) is 9.70. The number of ether oxygens (including phenoxy) is 1. The molecule has 0 unspecified atom stereocenters. The molecule has 0 bridgehead atoms. The van der Waals surface area contributed by atoms with E-state index in [9.17, 15) is 21.6 Å². The highest BCUT2D eigenvalue weighted by molar-refractivity contribution is 7.93. The van der Waals surface area contributed by atoms with Gasteiger partial charge in [0.25, 0.3) is 15.9 Å². The van der Waals surface area contributed by atoms with Gasteiger partial charge in [-0.15, -0.1) is 11.3 Å². The molecule has 2 N–H and O–H groups in total. The Bertz CT molecular complexity index is 1380. The topological polar surface area (TPSA) is 135 Å². The molecule has 0 spiro atoms. The van der Waals surface area contributed by atoms with Crippen LogP contribution in [0, 0.1) is 0 Å². The van der Waals surface area contributed by atoms with Crippen molar-refractivity contribution in [3.8, 4) is 5.75 Å². The molecule has 0 saturated carbocycles. The van der Waals surface area contributed by atoms with Gasteiger partial charge in [0.1, 0.15) is 5.75 Å². The molecule has 1 aliphatic heterocycles. The number of aromatic nitrogens is 1. The molecule has 1 fully saturated rings. The largest absolute Gasteiger partial charge is 0.496 e. The third-order valence-electron chi connectivity index (χ3n) is 5.19. The van der Waals surface area contributed by atoms with Gasteiger partial charge >= 0.3 is 0 Å². The normalized spacial score (nSPS) is 14.6. The van der Waals surface area contributed by atoms with Gasteiger partial charge in [-0.05, 0) is 55.3 Å². The van der Waals surface area contributed by atoms with E-state index in [2.05, 4.69) is 15.0 Å². The lowest BCUT2D eigenvalue weighted by Crippen LogP contribution is -2.28. The molecule has 0 atom stereocenters. The molecular formula is C21H22N4O6S3. The van der Waals surface area contributed by atoms with Crippen LogP contribution < -0.4 is 14.8 Å². The zero-order valence-corrected chi connectivity index (χ0v) is 20.5. The minimum absolute atomic E-state index is 0.00279. The van der Waals surface area contributed by atoms with Crippen LogP contribution in [0.1, 0.15) is 23.2 Å². The van der Waals surface area contributed by atoms with Crippen LogP contribution in [0.15, 0.2) is 63.8 Å². The Morgan fingerprint density at radius 3 is 2.32 bits per heavy atom. The Labute approximate surface area is 201 Å². The lowest BCUT2D eigenvalue weighted by Gasteiger charge is -2.17. The molecule has 1 amide bonds. The van der Waals surface area contributed by atoms with E-state index in [1.165, 1.54) is 60.1 Å². The van der Waals surface area contributed by atoms with Crippen LogP contribution in [0.5, 0.6) is 5.75 Å². The SMILES string of the molecule is COc1ccc(S(=O)(=O)N2CCCC2)cc1C(=O)Nc1ccc(S(=O)(=O)Nc2nccs2)cc1. The van der Waals surface area contributed by atoms with Crippen molar-refractivity contribution in [2.45, 2.75) is 22.6 Å². The summed E-state index contributed by atoms with van der Waals surface area (Å²) in [5.41, 5.74) is 0.373. The summed E-state index contributed by atoms with van der Waals surface area (Å²) in [5, 5.41) is 4.55. The second-order valence-electron chi connectivity index (χ2n) is 7.39. The number of anilines is 2. The number of benzene rings is 2. The van der Waals surface area contributed by atoms with Crippen LogP contribution in [-0.2, 0) is 20.0 Å². The van der Waals surface area contributed by atoms with Crippen LogP contribution in [0.4, 0.5) is 10.8 Å². The Hall–Kier alpha value is -3.00. The van der Waals surface area contributed by atoms with E-state index in [1.54, 1.807) is 5.38 Å². The van der Waals surface area contributed by atoms with E-state index in [4.69, 9.17) is 4.74 Å².